The Bertz CT molecular complexity index is 406. The fourth-order valence-corrected chi connectivity index (χ4v) is 3.49. The molecule has 0 saturated carbocycles. The highest BCUT2D eigenvalue weighted by Gasteiger charge is 2.23. The monoisotopic (exact) mass is 267 g/mol. The van der Waals surface area contributed by atoms with E-state index in [4.69, 9.17) is 4.98 Å². The molecule has 1 aromatic heterocycles. The molecule has 1 unspecified atom stereocenters. The lowest BCUT2D eigenvalue weighted by atomic mass is 9.98. The van der Waals surface area contributed by atoms with Crippen LogP contribution < -0.4 is 5.32 Å². The van der Waals surface area contributed by atoms with Crippen molar-refractivity contribution in [3.8, 4) is 0 Å². The molecule has 3 nitrogen and oxygen atoms in total. The molecule has 0 radical (unpaired) electrons. The van der Waals surface area contributed by atoms with Gasteiger partial charge < -0.3 is 10.2 Å². The van der Waals surface area contributed by atoms with Gasteiger partial charge in [-0.05, 0) is 14.0 Å². The third kappa shape index (κ3) is 3.31. The molecule has 1 fully saturated rings. The summed E-state index contributed by atoms with van der Waals surface area (Å²) in [5.74, 6) is 0. The highest BCUT2D eigenvalue weighted by atomic mass is 32.1. The van der Waals surface area contributed by atoms with Gasteiger partial charge in [0, 0.05) is 42.4 Å². The standard InChI is InChI=1S/C14H25N3S/c1-10-12(18-13(16-10)14(2,3)4)8-11-9-17(5)7-6-15-11/h11,15H,6-9H2,1-5H3. The molecule has 0 bridgehead atoms. The van der Waals surface area contributed by atoms with Crippen molar-refractivity contribution in [3.05, 3.63) is 15.6 Å². The number of nitrogens with zero attached hydrogens (tertiary/aromatic N) is 2. The highest BCUT2D eigenvalue weighted by Crippen LogP contribution is 2.30. The number of nitrogens with one attached hydrogen (secondary N) is 1. The van der Waals surface area contributed by atoms with Crippen LogP contribution in [0.2, 0.25) is 0 Å². The first-order valence-electron chi connectivity index (χ1n) is 6.75. The molecule has 0 aromatic carbocycles. The molecule has 102 valence electrons. The van der Waals surface area contributed by atoms with E-state index in [9.17, 15) is 0 Å². The Hall–Kier alpha value is -0.450. The minimum absolute atomic E-state index is 0.171. The van der Waals surface area contributed by atoms with Crippen molar-refractivity contribution < 1.29 is 0 Å². The summed E-state index contributed by atoms with van der Waals surface area (Å²) in [4.78, 5) is 8.60. The average Bonchev–Trinajstić information content (AvgIpc) is 2.60. The molecular weight excluding hydrogens is 242 g/mol. The van der Waals surface area contributed by atoms with Crippen LogP contribution in [0.15, 0.2) is 0 Å². The summed E-state index contributed by atoms with van der Waals surface area (Å²) in [6.45, 7) is 12.3. The van der Waals surface area contributed by atoms with E-state index in [-0.39, 0.29) is 5.41 Å². The van der Waals surface area contributed by atoms with Gasteiger partial charge in [0.05, 0.1) is 10.7 Å². The second-order valence-corrected chi connectivity index (χ2v) is 7.48. The minimum Gasteiger partial charge on any atom is -0.311 e. The van der Waals surface area contributed by atoms with Gasteiger partial charge in [-0.1, -0.05) is 20.8 Å². The molecule has 1 aliphatic heterocycles. The zero-order valence-electron chi connectivity index (χ0n) is 12.2. The van der Waals surface area contributed by atoms with Crippen LogP contribution >= 0.6 is 11.3 Å². The number of hydrogen-bond donors (Lipinski definition) is 1. The van der Waals surface area contributed by atoms with E-state index in [1.807, 2.05) is 11.3 Å². The van der Waals surface area contributed by atoms with Crippen LogP contribution in [0.3, 0.4) is 0 Å². The zero-order valence-corrected chi connectivity index (χ0v) is 13.0. The van der Waals surface area contributed by atoms with Crippen LogP contribution in [0, 0.1) is 6.92 Å². The Morgan fingerprint density at radius 3 is 2.72 bits per heavy atom. The first-order valence-corrected chi connectivity index (χ1v) is 7.56. The second kappa shape index (κ2) is 5.27. The summed E-state index contributed by atoms with van der Waals surface area (Å²) in [5.41, 5.74) is 1.39. The number of aromatic nitrogens is 1. The quantitative estimate of drug-likeness (QED) is 0.890. The molecule has 1 aromatic rings. The van der Waals surface area contributed by atoms with Crippen LogP contribution in [-0.4, -0.2) is 42.6 Å². The fraction of sp³-hybridized carbons (Fsp3) is 0.786. The van der Waals surface area contributed by atoms with Gasteiger partial charge in [-0.3, -0.25) is 0 Å². The predicted octanol–water partition coefficient (Wildman–Crippen LogP) is 2.20. The summed E-state index contributed by atoms with van der Waals surface area (Å²) in [7, 11) is 2.20. The minimum atomic E-state index is 0.171. The van der Waals surface area contributed by atoms with Gasteiger partial charge in [0.25, 0.3) is 0 Å². The normalized spacial score (nSPS) is 22.4. The molecule has 2 heterocycles. The van der Waals surface area contributed by atoms with Gasteiger partial charge in [0.1, 0.15) is 0 Å². The van der Waals surface area contributed by atoms with Crippen molar-refractivity contribution in [3.63, 3.8) is 0 Å². The van der Waals surface area contributed by atoms with Crippen LogP contribution in [0.4, 0.5) is 0 Å². The maximum absolute atomic E-state index is 4.74. The van der Waals surface area contributed by atoms with Crippen LogP contribution in [0.1, 0.15) is 36.3 Å². The van der Waals surface area contributed by atoms with Gasteiger partial charge >= 0.3 is 0 Å². The Morgan fingerprint density at radius 1 is 1.44 bits per heavy atom. The molecule has 2 rings (SSSR count). The van der Waals surface area contributed by atoms with E-state index in [1.54, 1.807) is 0 Å². The topological polar surface area (TPSA) is 28.2 Å². The third-order valence-electron chi connectivity index (χ3n) is 3.42. The molecule has 0 spiro atoms. The Kier molecular flexibility index (Phi) is 4.09. The van der Waals surface area contributed by atoms with Crippen molar-refractivity contribution in [2.24, 2.45) is 0 Å². The molecule has 0 amide bonds. The molecule has 1 saturated heterocycles. The van der Waals surface area contributed by atoms with Crippen LogP contribution in [-0.2, 0) is 11.8 Å². The molecular formula is C14H25N3S. The van der Waals surface area contributed by atoms with Gasteiger partial charge in [-0.2, -0.15) is 0 Å². The maximum Gasteiger partial charge on any atom is 0.0984 e. The molecule has 1 aliphatic rings. The SMILES string of the molecule is Cc1nc(C(C)(C)C)sc1CC1CN(C)CCN1. The lowest BCUT2D eigenvalue weighted by Crippen LogP contribution is -2.49. The lowest BCUT2D eigenvalue weighted by molar-refractivity contribution is 0.238. The van der Waals surface area contributed by atoms with E-state index in [2.05, 4.69) is 45.0 Å². The molecule has 18 heavy (non-hydrogen) atoms. The van der Waals surface area contributed by atoms with E-state index in [0.717, 1.165) is 26.1 Å². The summed E-state index contributed by atoms with van der Waals surface area (Å²) in [5, 5.41) is 4.87. The van der Waals surface area contributed by atoms with Crippen LogP contribution in [0.25, 0.3) is 0 Å². The van der Waals surface area contributed by atoms with Gasteiger partial charge in [0.15, 0.2) is 0 Å². The van der Waals surface area contributed by atoms with E-state index < -0.39 is 0 Å². The third-order valence-corrected chi connectivity index (χ3v) is 5.03. The number of hydrogen-bond acceptors (Lipinski definition) is 4. The molecule has 1 atom stereocenters. The highest BCUT2D eigenvalue weighted by molar-refractivity contribution is 7.11. The molecule has 1 N–H and O–H groups in total. The van der Waals surface area contributed by atoms with Crippen molar-refractivity contribution in [1.82, 2.24) is 15.2 Å². The zero-order chi connectivity index (χ0) is 13.3. The van der Waals surface area contributed by atoms with E-state index in [1.165, 1.54) is 15.6 Å². The summed E-state index contributed by atoms with van der Waals surface area (Å²) in [6, 6.07) is 0.579. The van der Waals surface area contributed by atoms with Gasteiger partial charge in [-0.25, -0.2) is 4.98 Å². The van der Waals surface area contributed by atoms with E-state index in [0.29, 0.717) is 6.04 Å². The number of aryl methyl sites for hydroxylation is 1. The largest absolute Gasteiger partial charge is 0.311 e. The number of rotatable bonds is 2. The number of likely N-dealkylation sites (N-methyl/N-ethyl adjacent to an activating group) is 1. The first-order chi connectivity index (χ1) is 8.36. The Morgan fingerprint density at radius 2 is 2.17 bits per heavy atom. The fourth-order valence-electron chi connectivity index (χ4n) is 2.29. The molecule has 0 aliphatic carbocycles. The predicted molar refractivity (Wildman–Crippen MR) is 78.5 cm³/mol. The number of piperazine rings is 1. The first kappa shape index (κ1) is 14.0. The molecule has 4 heteroatoms. The lowest BCUT2D eigenvalue weighted by Gasteiger charge is -2.30. The van der Waals surface area contributed by atoms with Crippen molar-refractivity contribution >= 4 is 11.3 Å². The maximum atomic E-state index is 4.74. The van der Waals surface area contributed by atoms with Crippen molar-refractivity contribution in [2.45, 2.75) is 45.6 Å². The summed E-state index contributed by atoms with van der Waals surface area (Å²) >= 11 is 1.89. The number of thiazole rings is 1. The van der Waals surface area contributed by atoms with Gasteiger partial charge in [-0.15, -0.1) is 11.3 Å². The van der Waals surface area contributed by atoms with Crippen molar-refractivity contribution in [2.75, 3.05) is 26.7 Å². The average molecular weight is 267 g/mol. The Labute approximate surface area is 115 Å². The second-order valence-electron chi connectivity index (χ2n) is 6.40. The summed E-state index contributed by atoms with van der Waals surface area (Å²) < 4.78 is 0. The van der Waals surface area contributed by atoms with Crippen LogP contribution in [0.5, 0.6) is 0 Å². The summed E-state index contributed by atoms with van der Waals surface area (Å²) in [6.07, 6.45) is 1.12. The van der Waals surface area contributed by atoms with E-state index >= 15 is 0 Å². The van der Waals surface area contributed by atoms with Crippen molar-refractivity contribution in [1.29, 1.82) is 0 Å². The smallest absolute Gasteiger partial charge is 0.0984 e. The van der Waals surface area contributed by atoms with Gasteiger partial charge in [0.2, 0.25) is 0 Å². The Balaban J connectivity index is 2.07.